The Labute approximate surface area is 107 Å². The smallest absolute Gasteiger partial charge is 0.249 e. The van der Waals surface area contributed by atoms with Crippen LogP contribution in [0.15, 0.2) is 35.9 Å². The number of benzene rings is 1. The molecule has 0 N–H and O–H groups in total. The zero-order valence-electron chi connectivity index (χ0n) is 10.8. The van der Waals surface area contributed by atoms with E-state index in [-0.39, 0.29) is 17.8 Å². The molecule has 0 aromatic heterocycles. The first-order valence-corrected chi connectivity index (χ1v) is 6.32. The standard InChI is InChI=1S/C15H18FNO/c1-3-13-8-7-11(2)17(15(13)18)10-12-5-4-6-14(16)9-12/h3-6,9,11H,7-8,10H2,1-2H3. The quantitative estimate of drug-likeness (QED) is 0.734. The Morgan fingerprint density at radius 1 is 1.50 bits per heavy atom. The van der Waals surface area contributed by atoms with Crippen LogP contribution in [-0.4, -0.2) is 16.8 Å². The Balaban J connectivity index is 2.18. The number of carbonyl (C=O) groups is 1. The summed E-state index contributed by atoms with van der Waals surface area (Å²) in [6.45, 7) is 4.42. The average molecular weight is 247 g/mol. The molecule has 1 fully saturated rings. The van der Waals surface area contributed by atoms with Crippen LogP contribution in [0.1, 0.15) is 32.3 Å². The molecule has 18 heavy (non-hydrogen) atoms. The van der Waals surface area contributed by atoms with Gasteiger partial charge in [0.1, 0.15) is 5.82 Å². The summed E-state index contributed by atoms with van der Waals surface area (Å²) in [6, 6.07) is 6.66. The predicted molar refractivity (Wildman–Crippen MR) is 69.4 cm³/mol. The van der Waals surface area contributed by atoms with E-state index in [1.807, 2.05) is 30.9 Å². The molecule has 1 saturated heterocycles. The van der Waals surface area contributed by atoms with E-state index in [4.69, 9.17) is 0 Å². The van der Waals surface area contributed by atoms with E-state index in [2.05, 4.69) is 0 Å². The Morgan fingerprint density at radius 2 is 2.28 bits per heavy atom. The van der Waals surface area contributed by atoms with Crippen LogP contribution in [0.25, 0.3) is 0 Å². The van der Waals surface area contributed by atoms with Crippen LogP contribution < -0.4 is 0 Å². The molecule has 3 heteroatoms. The summed E-state index contributed by atoms with van der Waals surface area (Å²) in [7, 11) is 0. The maximum atomic E-state index is 13.1. The summed E-state index contributed by atoms with van der Waals surface area (Å²) in [4.78, 5) is 14.0. The summed E-state index contributed by atoms with van der Waals surface area (Å²) >= 11 is 0. The van der Waals surface area contributed by atoms with Crippen LogP contribution in [0.3, 0.4) is 0 Å². The lowest BCUT2D eigenvalue weighted by atomic mass is 9.97. The molecule has 1 aromatic carbocycles. The van der Waals surface area contributed by atoms with Crippen molar-refractivity contribution >= 4 is 5.91 Å². The van der Waals surface area contributed by atoms with E-state index in [9.17, 15) is 9.18 Å². The summed E-state index contributed by atoms with van der Waals surface area (Å²) in [6.07, 6.45) is 3.70. The Kier molecular flexibility index (Phi) is 3.80. The number of piperidine rings is 1. The third kappa shape index (κ3) is 2.61. The second kappa shape index (κ2) is 5.34. The van der Waals surface area contributed by atoms with E-state index in [1.54, 1.807) is 6.07 Å². The molecule has 2 rings (SSSR count). The van der Waals surface area contributed by atoms with Gasteiger partial charge < -0.3 is 4.90 Å². The fourth-order valence-electron chi connectivity index (χ4n) is 2.34. The molecule has 0 spiro atoms. The highest BCUT2D eigenvalue weighted by molar-refractivity contribution is 5.94. The number of nitrogens with zero attached hydrogens (tertiary/aromatic N) is 1. The van der Waals surface area contributed by atoms with Gasteiger partial charge >= 0.3 is 0 Å². The van der Waals surface area contributed by atoms with Crippen molar-refractivity contribution in [1.82, 2.24) is 4.90 Å². The van der Waals surface area contributed by atoms with Crippen LogP contribution >= 0.6 is 0 Å². The number of hydrogen-bond donors (Lipinski definition) is 0. The van der Waals surface area contributed by atoms with Gasteiger partial charge in [-0.3, -0.25) is 4.79 Å². The van der Waals surface area contributed by atoms with Crippen molar-refractivity contribution in [3.63, 3.8) is 0 Å². The summed E-state index contributed by atoms with van der Waals surface area (Å²) in [5.74, 6) is -0.170. The monoisotopic (exact) mass is 247 g/mol. The van der Waals surface area contributed by atoms with Crippen molar-refractivity contribution in [2.75, 3.05) is 0 Å². The van der Waals surface area contributed by atoms with E-state index >= 15 is 0 Å². The topological polar surface area (TPSA) is 20.3 Å². The van der Waals surface area contributed by atoms with E-state index in [0.717, 1.165) is 24.0 Å². The third-order valence-corrected chi connectivity index (χ3v) is 3.49. The van der Waals surface area contributed by atoms with Crippen LogP contribution in [0.2, 0.25) is 0 Å². The van der Waals surface area contributed by atoms with Gasteiger partial charge in [0.2, 0.25) is 5.91 Å². The van der Waals surface area contributed by atoms with Gasteiger partial charge in [0.15, 0.2) is 0 Å². The fraction of sp³-hybridized carbons (Fsp3) is 0.400. The lowest BCUT2D eigenvalue weighted by Crippen LogP contribution is -2.42. The normalized spacial score (nSPS) is 22.6. The van der Waals surface area contributed by atoms with Crippen LogP contribution in [-0.2, 0) is 11.3 Å². The number of carbonyl (C=O) groups excluding carboxylic acids is 1. The van der Waals surface area contributed by atoms with Gasteiger partial charge in [0, 0.05) is 18.2 Å². The summed E-state index contributed by atoms with van der Waals surface area (Å²) in [5, 5.41) is 0. The zero-order chi connectivity index (χ0) is 13.1. The van der Waals surface area contributed by atoms with Gasteiger partial charge in [0.25, 0.3) is 0 Å². The molecule has 1 atom stereocenters. The highest BCUT2D eigenvalue weighted by Crippen LogP contribution is 2.24. The van der Waals surface area contributed by atoms with Gasteiger partial charge in [0.05, 0.1) is 0 Å². The third-order valence-electron chi connectivity index (χ3n) is 3.49. The average Bonchev–Trinajstić information content (AvgIpc) is 2.35. The van der Waals surface area contributed by atoms with E-state index in [1.165, 1.54) is 12.1 Å². The first-order valence-electron chi connectivity index (χ1n) is 6.32. The minimum atomic E-state index is -0.254. The highest BCUT2D eigenvalue weighted by Gasteiger charge is 2.28. The fourth-order valence-corrected chi connectivity index (χ4v) is 2.34. The lowest BCUT2D eigenvalue weighted by molar-refractivity contribution is -0.131. The van der Waals surface area contributed by atoms with Gasteiger partial charge in [-0.25, -0.2) is 4.39 Å². The Morgan fingerprint density at radius 3 is 2.94 bits per heavy atom. The number of allylic oxidation sites excluding steroid dienone is 1. The van der Waals surface area contributed by atoms with Crippen molar-refractivity contribution in [3.05, 3.63) is 47.3 Å². The molecule has 2 nitrogen and oxygen atoms in total. The van der Waals surface area contributed by atoms with Gasteiger partial charge in [-0.2, -0.15) is 0 Å². The molecule has 1 aliphatic heterocycles. The molecular formula is C15H18FNO. The maximum absolute atomic E-state index is 13.1. The first-order chi connectivity index (χ1) is 8.61. The number of amides is 1. The molecule has 1 aliphatic rings. The van der Waals surface area contributed by atoms with Gasteiger partial charge in [-0.05, 0) is 44.4 Å². The molecule has 0 radical (unpaired) electrons. The van der Waals surface area contributed by atoms with Gasteiger partial charge in [-0.15, -0.1) is 0 Å². The minimum absolute atomic E-state index is 0.0838. The molecule has 0 aliphatic carbocycles. The molecule has 1 unspecified atom stereocenters. The number of halogens is 1. The van der Waals surface area contributed by atoms with Crippen molar-refractivity contribution in [1.29, 1.82) is 0 Å². The minimum Gasteiger partial charge on any atom is -0.332 e. The molecule has 1 amide bonds. The Bertz CT molecular complexity index is 481. The highest BCUT2D eigenvalue weighted by atomic mass is 19.1. The second-order valence-electron chi connectivity index (χ2n) is 4.76. The molecule has 1 heterocycles. The first kappa shape index (κ1) is 12.8. The van der Waals surface area contributed by atoms with E-state index in [0.29, 0.717) is 6.54 Å². The summed E-state index contributed by atoms with van der Waals surface area (Å²) in [5.41, 5.74) is 1.71. The number of hydrogen-bond acceptors (Lipinski definition) is 1. The largest absolute Gasteiger partial charge is 0.332 e. The number of rotatable bonds is 2. The maximum Gasteiger partial charge on any atom is 0.249 e. The molecule has 0 bridgehead atoms. The number of likely N-dealkylation sites (tertiary alicyclic amines) is 1. The zero-order valence-corrected chi connectivity index (χ0v) is 10.8. The van der Waals surface area contributed by atoms with Crippen molar-refractivity contribution < 1.29 is 9.18 Å². The predicted octanol–water partition coefficient (Wildman–Crippen LogP) is 3.28. The molecule has 96 valence electrons. The van der Waals surface area contributed by atoms with Crippen LogP contribution in [0, 0.1) is 5.82 Å². The van der Waals surface area contributed by atoms with Crippen LogP contribution in [0.5, 0.6) is 0 Å². The summed E-state index contributed by atoms with van der Waals surface area (Å²) < 4.78 is 13.1. The molecule has 0 saturated carbocycles. The van der Waals surface area contributed by atoms with Crippen LogP contribution in [0.4, 0.5) is 4.39 Å². The Hall–Kier alpha value is -1.64. The van der Waals surface area contributed by atoms with Crippen molar-refractivity contribution in [2.45, 2.75) is 39.3 Å². The van der Waals surface area contributed by atoms with E-state index < -0.39 is 0 Å². The van der Waals surface area contributed by atoms with Crippen molar-refractivity contribution in [2.24, 2.45) is 0 Å². The van der Waals surface area contributed by atoms with Crippen molar-refractivity contribution in [3.8, 4) is 0 Å². The second-order valence-corrected chi connectivity index (χ2v) is 4.76. The van der Waals surface area contributed by atoms with Gasteiger partial charge in [-0.1, -0.05) is 18.2 Å². The molecular weight excluding hydrogens is 229 g/mol. The molecule has 1 aromatic rings. The SMILES string of the molecule is CC=C1CCC(C)N(Cc2cccc(F)c2)C1=O. The lowest BCUT2D eigenvalue weighted by Gasteiger charge is -2.34.